The van der Waals surface area contributed by atoms with E-state index in [9.17, 15) is 4.53 Å². The largest absolute Gasteiger partial charge is 0.273 e. The highest BCUT2D eigenvalue weighted by atomic mass is 35.5. The molecule has 1 aromatic heterocycles. The average Bonchev–Trinajstić information content (AvgIpc) is 2.38. The highest BCUT2D eigenvalue weighted by Crippen LogP contribution is 2.30. The summed E-state index contributed by atoms with van der Waals surface area (Å²) in [4.78, 5) is 12.2. The van der Waals surface area contributed by atoms with Crippen molar-refractivity contribution < 1.29 is 9.47 Å². The Morgan fingerprint density at radius 3 is 2.76 bits per heavy atom. The Hall–Kier alpha value is -1.33. The van der Waals surface area contributed by atoms with Gasteiger partial charge in [-0.25, -0.2) is 4.98 Å². The van der Waals surface area contributed by atoms with Gasteiger partial charge in [0.15, 0.2) is 0 Å². The zero-order chi connectivity index (χ0) is 12.3. The summed E-state index contributed by atoms with van der Waals surface area (Å²) in [6.45, 7) is 0. The minimum absolute atomic E-state index is 0.125. The number of hydrogen-bond donors (Lipinski definition) is 0. The Labute approximate surface area is 107 Å². The molecule has 3 nitrogen and oxygen atoms in total. The van der Waals surface area contributed by atoms with Crippen LogP contribution in [-0.4, -0.2) is 16.2 Å². The zero-order valence-corrected chi connectivity index (χ0v) is 10.4. The van der Waals surface area contributed by atoms with Gasteiger partial charge in [0.05, 0.1) is 10.7 Å². The fourth-order valence-corrected chi connectivity index (χ4v) is 2.24. The van der Waals surface area contributed by atoms with E-state index in [1.807, 2.05) is 18.4 Å². The van der Waals surface area contributed by atoms with Gasteiger partial charge >= 0.3 is 0 Å². The van der Waals surface area contributed by atoms with Crippen LogP contribution in [0, 0.1) is 0 Å². The Kier molecular flexibility index (Phi) is 3.81. The van der Waals surface area contributed by atoms with E-state index in [0.29, 0.717) is 10.7 Å². The number of aromatic nitrogens is 2. The Morgan fingerprint density at radius 2 is 2.12 bits per heavy atom. The maximum Gasteiger partial charge on any atom is 0.266 e. The van der Waals surface area contributed by atoms with E-state index in [1.54, 1.807) is 17.8 Å². The average molecular weight is 271 g/mol. The zero-order valence-electron chi connectivity index (χ0n) is 8.85. The first-order valence-electron chi connectivity index (χ1n) is 4.69. The number of thioether (sulfide) groups is 1. The third-order valence-corrected chi connectivity index (χ3v) is 3.39. The number of hydrogen-bond acceptors (Lipinski definition) is 4. The van der Waals surface area contributed by atoms with Crippen molar-refractivity contribution in [2.75, 3.05) is 6.26 Å². The van der Waals surface area contributed by atoms with Crippen LogP contribution in [0.2, 0.25) is 5.02 Å². The van der Waals surface area contributed by atoms with E-state index >= 15 is 0 Å². The molecule has 0 aliphatic rings. The fraction of sp³-hybridized carbons (Fsp3) is 0.0909. The van der Waals surface area contributed by atoms with Crippen molar-refractivity contribution in [2.45, 2.75) is 4.90 Å². The molecule has 88 valence electrons. The second-order valence-electron chi connectivity index (χ2n) is 3.17. The highest BCUT2D eigenvalue weighted by molar-refractivity contribution is 7.98. The standard InChI is InChI=1S/C11H8ClFN2OS/c1-17-10-3-2-7(4-8(10)12)9-5-11(16-13)15-6-14-9/h2-6H,1H3. The van der Waals surface area contributed by atoms with Gasteiger partial charge in [-0.3, -0.25) is 4.94 Å². The molecular formula is C11H8ClFN2OS. The van der Waals surface area contributed by atoms with Gasteiger partial charge in [0.2, 0.25) is 0 Å². The molecule has 0 amide bonds. The summed E-state index contributed by atoms with van der Waals surface area (Å²) in [6, 6.07) is 6.94. The number of nitrogens with zero attached hydrogens (tertiary/aromatic N) is 2. The lowest BCUT2D eigenvalue weighted by Gasteiger charge is -2.04. The Balaban J connectivity index is 2.42. The van der Waals surface area contributed by atoms with E-state index < -0.39 is 0 Å². The summed E-state index contributed by atoms with van der Waals surface area (Å²) in [5, 5.41) is 0.635. The summed E-state index contributed by atoms with van der Waals surface area (Å²) in [5.41, 5.74) is 1.34. The Bertz CT molecular complexity index is 539. The molecule has 0 bridgehead atoms. The fourth-order valence-electron chi connectivity index (χ4n) is 1.37. The summed E-state index contributed by atoms with van der Waals surface area (Å²) >= 11 is 7.64. The van der Waals surface area contributed by atoms with Crippen molar-refractivity contribution >= 4 is 23.4 Å². The van der Waals surface area contributed by atoms with Crippen LogP contribution in [0.15, 0.2) is 35.5 Å². The molecule has 0 N–H and O–H groups in total. The van der Waals surface area contributed by atoms with Crippen molar-refractivity contribution in [1.82, 2.24) is 9.97 Å². The van der Waals surface area contributed by atoms with Crippen LogP contribution in [0.25, 0.3) is 11.3 Å². The molecule has 2 aromatic rings. The van der Waals surface area contributed by atoms with Crippen LogP contribution < -0.4 is 4.94 Å². The summed E-state index contributed by atoms with van der Waals surface area (Å²) in [6.07, 6.45) is 3.18. The highest BCUT2D eigenvalue weighted by Gasteiger charge is 2.06. The molecule has 0 saturated heterocycles. The minimum atomic E-state index is -0.125. The van der Waals surface area contributed by atoms with Crippen molar-refractivity contribution in [2.24, 2.45) is 0 Å². The van der Waals surface area contributed by atoms with Gasteiger partial charge in [-0.2, -0.15) is 4.98 Å². The van der Waals surface area contributed by atoms with E-state index in [0.717, 1.165) is 10.5 Å². The van der Waals surface area contributed by atoms with Crippen LogP contribution in [0.1, 0.15) is 0 Å². The van der Waals surface area contributed by atoms with E-state index in [-0.39, 0.29) is 5.88 Å². The van der Waals surface area contributed by atoms with Crippen LogP contribution in [-0.2, 0) is 0 Å². The quantitative estimate of drug-likeness (QED) is 0.795. The van der Waals surface area contributed by atoms with Gasteiger partial charge < -0.3 is 0 Å². The first-order valence-corrected chi connectivity index (χ1v) is 6.29. The van der Waals surface area contributed by atoms with Gasteiger partial charge in [0.1, 0.15) is 6.33 Å². The molecule has 0 aliphatic carbocycles. The predicted molar refractivity (Wildman–Crippen MR) is 66.0 cm³/mol. The van der Waals surface area contributed by atoms with Gasteiger partial charge in [0.25, 0.3) is 5.88 Å². The van der Waals surface area contributed by atoms with Crippen LogP contribution in [0.5, 0.6) is 5.88 Å². The van der Waals surface area contributed by atoms with E-state index in [2.05, 4.69) is 14.9 Å². The predicted octanol–water partition coefficient (Wildman–Crippen LogP) is 3.78. The number of halogens is 2. The maximum atomic E-state index is 12.0. The second kappa shape index (κ2) is 5.33. The van der Waals surface area contributed by atoms with Crippen LogP contribution in [0.3, 0.4) is 0 Å². The SMILES string of the molecule is CSc1ccc(-c2cc(OF)ncn2)cc1Cl. The lowest BCUT2D eigenvalue weighted by molar-refractivity contribution is -0.0119. The molecule has 0 spiro atoms. The summed E-state index contributed by atoms with van der Waals surface area (Å²) in [7, 11) is 0. The molecule has 17 heavy (non-hydrogen) atoms. The smallest absolute Gasteiger partial charge is 0.266 e. The van der Waals surface area contributed by atoms with Crippen molar-refractivity contribution in [1.29, 1.82) is 0 Å². The van der Waals surface area contributed by atoms with Crippen molar-refractivity contribution in [3.8, 4) is 17.1 Å². The summed E-state index contributed by atoms with van der Waals surface area (Å²) < 4.78 is 12.0. The molecule has 0 saturated carbocycles. The van der Waals surface area contributed by atoms with Gasteiger partial charge in [-0.05, 0) is 18.4 Å². The van der Waals surface area contributed by atoms with Gasteiger partial charge in [0, 0.05) is 21.1 Å². The molecule has 2 rings (SSSR count). The summed E-state index contributed by atoms with van der Waals surface area (Å²) in [5.74, 6) is -0.125. The normalized spacial score (nSPS) is 10.3. The van der Waals surface area contributed by atoms with Crippen molar-refractivity contribution in [3.63, 3.8) is 0 Å². The lowest BCUT2D eigenvalue weighted by atomic mass is 10.1. The molecule has 0 unspecified atom stereocenters. The Morgan fingerprint density at radius 1 is 1.29 bits per heavy atom. The first-order chi connectivity index (χ1) is 8.24. The van der Waals surface area contributed by atoms with Crippen molar-refractivity contribution in [3.05, 3.63) is 35.6 Å². The monoisotopic (exact) mass is 270 g/mol. The number of rotatable bonds is 3. The molecule has 0 aliphatic heterocycles. The second-order valence-corrected chi connectivity index (χ2v) is 4.42. The van der Waals surface area contributed by atoms with Crippen LogP contribution in [0.4, 0.5) is 4.53 Å². The van der Waals surface area contributed by atoms with Gasteiger partial charge in [-0.1, -0.05) is 17.7 Å². The lowest BCUT2D eigenvalue weighted by Crippen LogP contribution is -1.88. The molecule has 0 radical (unpaired) electrons. The van der Waals surface area contributed by atoms with Gasteiger partial charge in [-0.15, -0.1) is 11.8 Å². The third kappa shape index (κ3) is 2.68. The molecule has 0 atom stereocenters. The molecule has 1 aromatic carbocycles. The molecule has 6 heteroatoms. The van der Waals surface area contributed by atoms with E-state index in [1.165, 1.54) is 12.4 Å². The first kappa shape index (κ1) is 12.1. The molecular weight excluding hydrogens is 263 g/mol. The number of benzene rings is 1. The molecule has 1 heterocycles. The molecule has 0 fully saturated rings. The minimum Gasteiger partial charge on any atom is -0.273 e. The van der Waals surface area contributed by atoms with Crippen LogP contribution >= 0.6 is 23.4 Å². The third-order valence-electron chi connectivity index (χ3n) is 2.17. The topological polar surface area (TPSA) is 35.0 Å². The van der Waals surface area contributed by atoms with E-state index in [4.69, 9.17) is 11.6 Å². The maximum absolute atomic E-state index is 12.0.